The third-order valence-electron chi connectivity index (χ3n) is 2.79. The number of nitrogens with zero attached hydrogens (tertiary/aromatic N) is 4. The molecular weight excluding hydrogens is 180 g/mol. The maximum atomic E-state index is 8.87. The molecule has 1 aliphatic rings. The Morgan fingerprint density at radius 1 is 1.64 bits per heavy atom. The predicted molar refractivity (Wildman–Crippen MR) is 51.7 cm³/mol. The van der Waals surface area contributed by atoms with Crippen LogP contribution in [0.25, 0.3) is 0 Å². The highest BCUT2D eigenvalue weighted by Crippen LogP contribution is 2.19. The molecule has 78 valence electrons. The first-order valence-corrected chi connectivity index (χ1v) is 5.07. The van der Waals surface area contributed by atoms with E-state index in [9.17, 15) is 0 Å². The minimum atomic E-state index is -0.0236. The zero-order chi connectivity index (χ0) is 9.97. The molecule has 0 amide bonds. The first-order chi connectivity index (χ1) is 6.83. The lowest BCUT2D eigenvalue weighted by atomic mass is 10.3. The van der Waals surface area contributed by atoms with Crippen LogP contribution in [-0.2, 0) is 6.61 Å². The summed E-state index contributed by atoms with van der Waals surface area (Å²) in [6, 6.07) is 0.433. The van der Waals surface area contributed by atoms with Crippen molar-refractivity contribution in [3.05, 3.63) is 11.9 Å². The van der Waals surface area contributed by atoms with Crippen LogP contribution in [0.4, 0.5) is 0 Å². The van der Waals surface area contributed by atoms with Gasteiger partial charge in [0.15, 0.2) is 0 Å². The Hall–Kier alpha value is -0.940. The van der Waals surface area contributed by atoms with E-state index in [-0.39, 0.29) is 6.61 Å². The van der Waals surface area contributed by atoms with Gasteiger partial charge >= 0.3 is 0 Å². The number of hydrogen-bond acceptors (Lipinski definition) is 4. The van der Waals surface area contributed by atoms with Crippen molar-refractivity contribution in [2.24, 2.45) is 0 Å². The molecule has 0 unspecified atom stereocenters. The fourth-order valence-corrected chi connectivity index (χ4v) is 1.88. The van der Waals surface area contributed by atoms with E-state index >= 15 is 0 Å². The number of likely N-dealkylation sites (N-methyl/N-ethyl adjacent to an activating group) is 1. The number of aliphatic hydroxyl groups excluding tert-OH is 1. The molecule has 0 aromatic carbocycles. The largest absolute Gasteiger partial charge is 0.390 e. The van der Waals surface area contributed by atoms with Crippen LogP contribution in [-0.4, -0.2) is 44.6 Å². The Bertz CT molecular complexity index is 299. The average Bonchev–Trinajstić information content (AvgIpc) is 2.86. The lowest BCUT2D eigenvalue weighted by Gasteiger charge is -2.12. The lowest BCUT2D eigenvalue weighted by molar-refractivity contribution is 0.276. The van der Waals surface area contributed by atoms with Crippen LogP contribution in [0.1, 0.15) is 25.1 Å². The van der Waals surface area contributed by atoms with Crippen LogP contribution in [0.15, 0.2) is 6.20 Å². The van der Waals surface area contributed by atoms with E-state index in [0.717, 1.165) is 26.1 Å². The Morgan fingerprint density at radius 2 is 2.50 bits per heavy atom. The van der Waals surface area contributed by atoms with Crippen LogP contribution in [0, 0.1) is 0 Å². The van der Waals surface area contributed by atoms with Crippen molar-refractivity contribution in [1.82, 2.24) is 19.9 Å². The van der Waals surface area contributed by atoms with Crippen molar-refractivity contribution in [3.63, 3.8) is 0 Å². The Balaban J connectivity index is 2.02. The van der Waals surface area contributed by atoms with Gasteiger partial charge in [0, 0.05) is 13.1 Å². The SMILES string of the molecule is CCN1CC[C@@H](n2cc(CO)nn2)C1. The van der Waals surface area contributed by atoms with E-state index in [0.29, 0.717) is 11.7 Å². The molecule has 1 aromatic rings. The van der Waals surface area contributed by atoms with E-state index < -0.39 is 0 Å². The van der Waals surface area contributed by atoms with Crippen LogP contribution in [0.5, 0.6) is 0 Å². The molecule has 1 fully saturated rings. The minimum absolute atomic E-state index is 0.0236. The molecule has 2 heterocycles. The topological polar surface area (TPSA) is 54.2 Å². The molecular formula is C9H16N4O. The van der Waals surface area contributed by atoms with E-state index in [1.807, 2.05) is 10.9 Å². The highest BCUT2D eigenvalue weighted by atomic mass is 16.3. The third kappa shape index (κ3) is 1.78. The van der Waals surface area contributed by atoms with E-state index in [4.69, 9.17) is 5.11 Å². The van der Waals surface area contributed by atoms with Gasteiger partial charge < -0.3 is 10.0 Å². The fraction of sp³-hybridized carbons (Fsp3) is 0.778. The molecule has 0 aliphatic carbocycles. The molecule has 5 nitrogen and oxygen atoms in total. The fourth-order valence-electron chi connectivity index (χ4n) is 1.88. The summed E-state index contributed by atoms with van der Waals surface area (Å²) in [7, 11) is 0. The molecule has 1 aliphatic heterocycles. The highest BCUT2D eigenvalue weighted by molar-refractivity contribution is 4.92. The van der Waals surface area contributed by atoms with Gasteiger partial charge in [-0.1, -0.05) is 12.1 Å². The molecule has 2 rings (SSSR count). The zero-order valence-electron chi connectivity index (χ0n) is 8.43. The summed E-state index contributed by atoms with van der Waals surface area (Å²) in [4.78, 5) is 2.39. The van der Waals surface area contributed by atoms with Gasteiger partial charge in [-0.3, -0.25) is 0 Å². The van der Waals surface area contributed by atoms with Gasteiger partial charge in [-0.05, 0) is 13.0 Å². The lowest BCUT2D eigenvalue weighted by Crippen LogP contribution is -2.21. The first-order valence-electron chi connectivity index (χ1n) is 5.07. The van der Waals surface area contributed by atoms with E-state index in [2.05, 4.69) is 22.1 Å². The van der Waals surface area contributed by atoms with Crippen molar-refractivity contribution in [3.8, 4) is 0 Å². The number of hydrogen-bond donors (Lipinski definition) is 1. The molecule has 0 spiro atoms. The first kappa shape index (κ1) is 9.61. The summed E-state index contributed by atoms with van der Waals surface area (Å²) in [5.74, 6) is 0. The van der Waals surface area contributed by atoms with Gasteiger partial charge in [0.2, 0.25) is 0 Å². The Kier molecular flexibility index (Phi) is 2.79. The maximum Gasteiger partial charge on any atom is 0.108 e. The molecule has 0 bridgehead atoms. The van der Waals surface area contributed by atoms with Gasteiger partial charge in [0.25, 0.3) is 0 Å². The number of likely N-dealkylation sites (tertiary alicyclic amines) is 1. The summed E-state index contributed by atoms with van der Waals surface area (Å²) in [5, 5.41) is 16.8. The normalized spacial score (nSPS) is 23.1. The molecule has 1 atom stereocenters. The second-order valence-corrected chi connectivity index (χ2v) is 3.68. The van der Waals surface area contributed by atoms with Crippen molar-refractivity contribution in [2.45, 2.75) is 26.0 Å². The molecule has 14 heavy (non-hydrogen) atoms. The highest BCUT2D eigenvalue weighted by Gasteiger charge is 2.23. The van der Waals surface area contributed by atoms with Crippen molar-refractivity contribution < 1.29 is 5.11 Å². The smallest absolute Gasteiger partial charge is 0.108 e. The number of aromatic nitrogens is 3. The third-order valence-corrected chi connectivity index (χ3v) is 2.79. The second-order valence-electron chi connectivity index (χ2n) is 3.68. The molecule has 0 radical (unpaired) electrons. The molecule has 1 N–H and O–H groups in total. The summed E-state index contributed by atoms with van der Waals surface area (Å²) in [5.41, 5.74) is 0.653. The van der Waals surface area contributed by atoms with E-state index in [1.54, 1.807) is 0 Å². The van der Waals surface area contributed by atoms with Gasteiger partial charge in [0.05, 0.1) is 18.8 Å². The van der Waals surface area contributed by atoms with Gasteiger partial charge in [0.1, 0.15) is 5.69 Å². The van der Waals surface area contributed by atoms with Crippen molar-refractivity contribution in [1.29, 1.82) is 0 Å². The zero-order valence-corrected chi connectivity index (χ0v) is 8.43. The van der Waals surface area contributed by atoms with E-state index in [1.165, 1.54) is 0 Å². The minimum Gasteiger partial charge on any atom is -0.390 e. The Morgan fingerprint density at radius 3 is 3.07 bits per heavy atom. The van der Waals surface area contributed by atoms with Gasteiger partial charge in [-0.25, -0.2) is 4.68 Å². The number of aliphatic hydroxyl groups is 1. The Labute approximate surface area is 83.3 Å². The van der Waals surface area contributed by atoms with Crippen LogP contribution >= 0.6 is 0 Å². The maximum absolute atomic E-state index is 8.87. The standard InChI is InChI=1S/C9H16N4O/c1-2-12-4-3-9(6-12)13-5-8(7-14)10-11-13/h5,9,14H,2-4,6-7H2,1H3/t9-/m1/s1. The van der Waals surface area contributed by atoms with Crippen LogP contribution < -0.4 is 0 Å². The predicted octanol–water partition coefficient (Wildman–Crippen LogP) is 0.0371. The summed E-state index contributed by atoms with van der Waals surface area (Å²) < 4.78 is 1.88. The quantitative estimate of drug-likeness (QED) is 0.741. The molecule has 1 aromatic heterocycles. The second kappa shape index (κ2) is 4.06. The van der Waals surface area contributed by atoms with Gasteiger partial charge in [-0.15, -0.1) is 5.10 Å². The van der Waals surface area contributed by atoms with Crippen molar-refractivity contribution >= 4 is 0 Å². The summed E-state index contributed by atoms with van der Waals surface area (Å²) >= 11 is 0. The number of rotatable bonds is 3. The molecule has 0 saturated carbocycles. The van der Waals surface area contributed by atoms with Crippen LogP contribution in [0.3, 0.4) is 0 Å². The summed E-state index contributed by atoms with van der Waals surface area (Å²) in [6.07, 6.45) is 2.96. The van der Waals surface area contributed by atoms with Crippen LogP contribution in [0.2, 0.25) is 0 Å². The van der Waals surface area contributed by atoms with Crippen molar-refractivity contribution in [2.75, 3.05) is 19.6 Å². The molecule has 1 saturated heterocycles. The monoisotopic (exact) mass is 196 g/mol. The summed E-state index contributed by atoms with van der Waals surface area (Å²) in [6.45, 7) is 5.42. The van der Waals surface area contributed by atoms with Gasteiger partial charge in [-0.2, -0.15) is 0 Å². The molecule has 5 heteroatoms. The average molecular weight is 196 g/mol.